The monoisotopic (exact) mass is 440 g/mol. The third kappa shape index (κ3) is 4.82. The van der Waals surface area contributed by atoms with E-state index in [0.29, 0.717) is 42.7 Å². The van der Waals surface area contributed by atoms with Crippen molar-refractivity contribution in [1.29, 1.82) is 0 Å². The lowest BCUT2D eigenvalue weighted by molar-refractivity contribution is -0.119. The number of fused-ring (bicyclic) bond motifs is 1. The maximum atomic E-state index is 12.7. The number of carbonyl (C=O) groups is 2. The summed E-state index contributed by atoms with van der Waals surface area (Å²) in [7, 11) is 0. The van der Waals surface area contributed by atoms with Crippen LogP contribution in [-0.4, -0.2) is 51.5 Å². The topological polar surface area (TPSA) is 104 Å². The molecule has 172 valence electrons. The fraction of sp³-hybridized carbons (Fsp3) is 0.609. The Balaban J connectivity index is 1.54. The molecule has 0 aromatic carbocycles. The first kappa shape index (κ1) is 22.4. The molecule has 1 atom stereocenters. The second-order valence-corrected chi connectivity index (χ2v) is 9.20. The van der Waals surface area contributed by atoms with Crippen molar-refractivity contribution >= 4 is 23.5 Å². The Morgan fingerprint density at radius 3 is 2.81 bits per heavy atom. The molecule has 0 aliphatic carbocycles. The second-order valence-electron chi connectivity index (χ2n) is 9.20. The Morgan fingerprint density at radius 2 is 2.09 bits per heavy atom. The van der Waals surface area contributed by atoms with Crippen LogP contribution in [0.15, 0.2) is 10.6 Å². The molecular weight excluding hydrogens is 408 g/mol. The quantitative estimate of drug-likeness (QED) is 0.705. The number of hydrogen-bond donors (Lipinski definition) is 1. The SMILES string of the molecule is Cc1cc(NC(=O)CN2CCC[C@H]2c2nc(C)c3c(n2)N(CCC(C)C)C(=O)CC3)no1. The van der Waals surface area contributed by atoms with E-state index in [4.69, 9.17) is 14.5 Å². The number of amides is 2. The number of anilines is 2. The average Bonchev–Trinajstić information content (AvgIpc) is 3.35. The maximum absolute atomic E-state index is 12.7. The molecule has 1 N–H and O–H groups in total. The van der Waals surface area contributed by atoms with Gasteiger partial charge in [-0.1, -0.05) is 19.0 Å². The van der Waals surface area contributed by atoms with Crippen LogP contribution in [0.2, 0.25) is 0 Å². The van der Waals surface area contributed by atoms with Gasteiger partial charge in [0.2, 0.25) is 11.8 Å². The summed E-state index contributed by atoms with van der Waals surface area (Å²) in [6.07, 6.45) is 3.98. The van der Waals surface area contributed by atoms with Crippen LogP contribution in [0, 0.1) is 19.8 Å². The van der Waals surface area contributed by atoms with Gasteiger partial charge >= 0.3 is 0 Å². The molecule has 4 heterocycles. The molecule has 2 amide bonds. The van der Waals surface area contributed by atoms with Gasteiger partial charge in [-0.2, -0.15) is 0 Å². The van der Waals surface area contributed by atoms with E-state index < -0.39 is 0 Å². The highest BCUT2D eigenvalue weighted by Crippen LogP contribution is 2.34. The minimum Gasteiger partial charge on any atom is -0.360 e. The number of nitrogens with zero attached hydrogens (tertiary/aromatic N) is 5. The smallest absolute Gasteiger partial charge is 0.239 e. The minimum atomic E-state index is -0.145. The molecule has 0 bridgehead atoms. The van der Waals surface area contributed by atoms with Crippen LogP contribution in [0.5, 0.6) is 0 Å². The van der Waals surface area contributed by atoms with Crippen LogP contribution in [0.3, 0.4) is 0 Å². The molecule has 2 aromatic rings. The maximum Gasteiger partial charge on any atom is 0.239 e. The van der Waals surface area contributed by atoms with E-state index >= 15 is 0 Å². The molecular formula is C23H32N6O3. The van der Waals surface area contributed by atoms with Gasteiger partial charge in [0.25, 0.3) is 0 Å². The summed E-state index contributed by atoms with van der Waals surface area (Å²) in [6, 6.07) is 1.64. The number of carbonyl (C=O) groups excluding carboxylic acids is 2. The molecule has 0 saturated carbocycles. The standard InChI is InChI=1S/C23H32N6O3/c1-14(2)9-11-29-21(31)8-7-17-16(4)24-22(26-23(17)29)18-6-5-10-28(18)13-20(30)25-19-12-15(3)32-27-19/h12,14,18H,5-11,13H2,1-4H3,(H,25,27,30)/t18-/m0/s1. The number of aromatic nitrogens is 3. The Kier molecular flexibility index (Phi) is 6.55. The van der Waals surface area contributed by atoms with Crippen molar-refractivity contribution in [2.24, 2.45) is 5.92 Å². The molecule has 0 unspecified atom stereocenters. The zero-order valence-corrected chi connectivity index (χ0v) is 19.3. The highest BCUT2D eigenvalue weighted by molar-refractivity contribution is 5.95. The number of likely N-dealkylation sites (tertiary alicyclic amines) is 1. The summed E-state index contributed by atoms with van der Waals surface area (Å²) in [5.74, 6) is 3.03. The first-order valence-corrected chi connectivity index (χ1v) is 11.5. The van der Waals surface area contributed by atoms with Crippen LogP contribution in [0.25, 0.3) is 0 Å². The molecule has 1 saturated heterocycles. The van der Waals surface area contributed by atoms with Crippen LogP contribution in [0.1, 0.15) is 68.4 Å². The van der Waals surface area contributed by atoms with E-state index in [0.717, 1.165) is 42.9 Å². The molecule has 32 heavy (non-hydrogen) atoms. The van der Waals surface area contributed by atoms with Crippen LogP contribution in [-0.2, 0) is 16.0 Å². The highest BCUT2D eigenvalue weighted by atomic mass is 16.5. The van der Waals surface area contributed by atoms with Gasteiger partial charge in [-0.15, -0.1) is 0 Å². The van der Waals surface area contributed by atoms with Gasteiger partial charge in [-0.3, -0.25) is 19.4 Å². The van der Waals surface area contributed by atoms with Gasteiger partial charge in [0.15, 0.2) is 5.82 Å². The molecule has 9 heteroatoms. The summed E-state index contributed by atoms with van der Waals surface area (Å²) in [5, 5.41) is 6.61. The average molecular weight is 441 g/mol. The predicted molar refractivity (Wildman–Crippen MR) is 120 cm³/mol. The molecule has 1 fully saturated rings. The van der Waals surface area contributed by atoms with E-state index in [9.17, 15) is 9.59 Å². The second kappa shape index (κ2) is 9.36. The van der Waals surface area contributed by atoms with Gasteiger partial charge in [-0.05, 0) is 52.0 Å². The van der Waals surface area contributed by atoms with Crippen LogP contribution < -0.4 is 10.2 Å². The lowest BCUT2D eigenvalue weighted by atomic mass is 10.0. The molecule has 0 spiro atoms. The summed E-state index contributed by atoms with van der Waals surface area (Å²) < 4.78 is 5.01. The normalized spacial score (nSPS) is 19.0. The Hall–Kier alpha value is -2.81. The Bertz CT molecular complexity index is 1000. The molecule has 2 aromatic heterocycles. The zero-order valence-electron chi connectivity index (χ0n) is 19.3. The van der Waals surface area contributed by atoms with Crippen molar-refractivity contribution < 1.29 is 14.1 Å². The zero-order chi connectivity index (χ0) is 22.8. The number of aryl methyl sites for hydroxylation is 2. The fourth-order valence-electron chi connectivity index (χ4n) is 4.47. The van der Waals surface area contributed by atoms with Gasteiger partial charge in [-0.25, -0.2) is 9.97 Å². The van der Waals surface area contributed by atoms with Crippen molar-refractivity contribution in [3.05, 3.63) is 28.9 Å². The molecule has 4 rings (SSSR count). The lowest BCUT2D eigenvalue weighted by Crippen LogP contribution is -2.39. The van der Waals surface area contributed by atoms with E-state index in [-0.39, 0.29) is 24.4 Å². The van der Waals surface area contributed by atoms with E-state index in [1.54, 1.807) is 13.0 Å². The van der Waals surface area contributed by atoms with Gasteiger partial charge in [0.1, 0.15) is 17.4 Å². The number of hydrogen-bond acceptors (Lipinski definition) is 7. The van der Waals surface area contributed by atoms with Crippen LogP contribution >= 0.6 is 0 Å². The Morgan fingerprint density at radius 1 is 1.28 bits per heavy atom. The van der Waals surface area contributed by atoms with E-state index in [1.807, 2.05) is 11.8 Å². The van der Waals surface area contributed by atoms with Crippen molar-refractivity contribution in [1.82, 2.24) is 20.0 Å². The van der Waals surface area contributed by atoms with Crippen molar-refractivity contribution in [3.63, 3.8) is 0 Å². The molecule has 9 nitrogen and oxygen atoms in total. The van der Waals surface area contributed by atoms with E-state index in [1.165, 1.54) is 0 Å². The van der Waals surface area contributed by atoms with Gasteiger partial charge in [0, 0.05) is 30.3 Å². The van der Waals surface area contributed by atoms with Gasteiger partial charge < -0.3 is 9.84 Å². The largest absolute Gasteiger partial charge is 0.360 e. The van der Waals surface area contributed by atoms with Crippen molar-refractivity contribution in [2.45, 2.75) is 65.8 Å². The summed E-state index contributed by atoms with van der Waals surface area (Å²) in [6.45, 7) is 9.80. The Labute approximate surface area is 188 Å². The molecule has 2 aliphatic heterocycles. The first-order chi connectivity index (χ1) is 15.3. The highest BCUT2D eigenvalue weighted by Gasteiger charge is 2.33. The van der Waals surface area contributed by atoms with Crippen LogP contribution in [0.4, 0.5) is 11.6 Å². The summed E-state index contributed by atoms with van der Waals surface area (Å²) in [4.78, 5) is 38.9. The van der Waals surface area contributed by atoms with Crippen molar-refractivity contribution in [3.8, 4) is 0 Å². The lowest BCUT2D eigenvalue weighted by Gasteiger charge is -2.31. The van der Waals surface area contributed by atoms with Crippen molar-refractivity contribution in [2.75, 3.05) is 29.9 Å². The predicted octanol–water partition coefficient (Wildman–Crippen LogP) is 3.18. The third-order valence-electron chi connectivity index (χ3n) is 6.19. The summed E-state index contributed by atoms with van der Waals surface area (Å²) in [5.41, 5.74) is 2.00. The minimum absolute atomic E-state index is 0.0484. The number of rotatable bonds is 7. The van der Waals surface area contributed by atoms with E-state index in [2.05, 4.69) is 29.2 Å². The first-order valence-electron chi connectivity index (χ1n) is 11.5. The summed E-state index contributed by atoms with van der Waals surface area (Å²) >= 11 is 0. The molecule has 2 aliphatic rings. The van der Waals surface area contributed by atoms with Gasteiger partial charge in [0.05, 0.1) is 12.6 Å². The molecule has 0 radical (unpaired) electrons. The number of nitrogens with one attached hydrogen (secondary N) is 1. The fourth-order valence-corrected chi connectivity index (χ4v) is 4.47. The third-order valence-corrected chi connectivity index (χ3v) is 6.19.